The highest BCUT2D eigenvalue weighted by Gasteiger charge is 2.33. The molecule has 2 nitrogen and oxygen atoms in total. The van der Waals surface area contributed by atoms with Gasteiger partial charge in [-0.2, -0.15) is 0 Å². The molecule has 0 saturated heterocycles. The quantitative estimate of drug-likeness (QED) is 0.572. The van der Waals surface area contributed by atoms with Crippen LogP contribution >= 0.6 is 9.24 Å². The lowest BCUT2D eigenvalue weighted by molar-refractivity contribution is 0.0841. The Bertz CT molecular complexity index is 308. The SMILES string of the molecule is CC(C)(P)C(C)(C)O[B]c1cccnc1. The van der Waals surface area contributed by atoms with Crippen molar-refractivity contribution in [2.45, 2.75) is 38.5 Å². The molecule has 0 aromatic carbocycles. The van der Waals surface area contributed by atoms with Gasteiger partial charge in [0.1, 0.15) is 0 Å². The molecule has 0 amide bonds. The highest BCUT2D eigenvalue weighted by Crippen LogP contribution is 2.32. The van der Waals surface area contributed by atoms with Gasteiger partial charge in [-0.1, -0.05) is 19.9 Å². The summed E-state index contributed by atoms with van der Waals surface area (Å²) in [5, 5.41) is 0.0196. The third-order valence-electron chi connectivity index (χ3n) is 2.73. The molecule has 1 rings (SSSR count). The van der Waals surface area contributed by atoms with Gasteiger partial charge in [-0.3, -0.25) is 4.98 Å². The molecule has 81 valence electrons. The largest absolute Gasteiger partial charge is 0.429 e. The Morgan fingerprint density at radius 1 is 1.33 bits per heavy atom. The fraction of sp³-hybridized carbons (Fsp3) is 0.545. The summed E-state index contributed by atoms with van der Waals surface area (Å²) in [7, 11) is 4.57. The monoisotopic (exact) mass is 222 g/mol. The first-order valence-electron chi connectivity index (χ1n) is 5.03. The first-order chi connectivity index (χ1) is 6.83. The zero-order valence-corrected chi connectivity index (χ0v) is 11.0. The highest BCUT2D eigenvalue weighted by molar-refractivity contribution is 7.19. The molecule has 1 atom stereocenters. The average Bonchev–Trinajstić information content (AvgIpc) is 2.15. The van der Waals surface area contributed by atoms with Crippen molar-refractivity contribution < 1.29 is 4.65 Å². The molecule has 0 bridgehead atoms. The van der Waals surface area contributed by atoms with Crippen LogP contribution in [0.4, 0.5) is 0 Å². The maximum atomic E-state index is 5.79. The van der Waals surface area contributed by atoms with Crippen molar-refractivity contribution >= 4 is 22.2 Å². The lowest BCUT2D eigenvalue weighted by atomic mass is 9.85. The van der Waals surface area contributed by atoms with Gasteiger partial charge in [0, 0.05) is 17.5 Å². The molecule has 4 heteroatoms. The van der Waals surface area contributed by atoms with Gasteiger partial charge in [-0.15, -0.1) is 9.24 Å². The summed E-state index contributed by atoms with van der Waals surface area (Å²) in [6.45, 7) is 8.42. The van der Waals surface area contributed by atoms with Crippen molar-refractivity contribution in [3.8, 4) is 0 Å². The van der Waals surface area contributed by atoms with Crippen LogP contribution in [0, 0.1) is 0 Å². The lowest BCUT2D eigenvalue weighted by Gasteiger charge is -2.38. The Hall–Kier alpha value is -0.395. The average molecular weight is 222 g/mol. The fourth-order valence-corrected chi connectivity index (χ4v) is 0.881. The summed E-state index contributed by atoms with van der Waals surface area (Å²) < 4.78 is 5.79. The summed E-state index contributed by atoms with van der Waals surface area (Å²) in [6, 6.07) is 3.87. The van der Waals surface area contributed by atoms with Gasteiger partial charge in [0.2, 0.25) is 0 Å². The second kappa shape index (κ2) is 4.63. The number of nitrogens with zero attached hydrogens (tertiary/aromatic N) is 1. The lowest BCUT2D eigenvalue weighted by Crippen LogP contribution is -2.45. The number of pyridine rings is 1. The molecule has 0 aliphatic carbocycles. The molecule has 0 aliphatic rings. The van der Waals surface area contributed by atoms with Gasteiger partial charge in [-0.05, 0) is 25.4 Å². The van der Waals surface area contributed by atoms with E-state index in [9.17, 15) is 0 Å². The van der Waals surface area contributed by atoms with Crippen LogP contribution in [0.5, 0.6) is 0 Å². The van der Waals surface area contributed by atoms with E-state index in [1.54, 1.807) is 19.9 Å². The van der Waals surface area contributed by atoms with Gasteiger partial charge in [0.25, 0.3) is 0 Å². The summed E-state index contributed by atoms with van der Waals surface area (Å²) in [6.07, 6.45) is 3.54. The minimum Gasteiger partial charge on any atom is -0.429 e. The zero-order chi connectivity index (χ0) is 11.5. The van der Waals surface area contributed by atoms with Crippen LogP contribution in [0.2, 0.25) is 0 Å². The minimum absolute atomic E-state index is 0.0196. The van der Waals surface area contributed by atoms with E-state index >= 15 is 0 Å². The molecule has 1 aromatic rings. The Morgan fingerprint density at radius 3 is 2.47 bits per heavy atom. The summed E-state index contributed by atoms with van der Waals surface area (Å²) in [4.78, 5) is 4.03. The van der Waals surface area contributed by atoms with E-state index in [0.717, 1.165) is 5.46 Å². The van der Waals surface area contributed by atoms with Crippen molar-refractivity contribution in [3.05, 3.63) is 24.5 Å². The molecule has 1 aromatic heterocycles. The predicted octanol–water partition coefficient (Wildman–Crippen LogP) is 1.77. The van der Waals surface area contributed by atoms with Crippen LogP contribution in [-0.2, 0) is 4.65 Å². The van der Waals surface area contributed by atoms with Gasteiger partial charge in [0.15, 0.2) is 0 Å². The van der Waals surface area contributed by atoms with Crippen LogP contribution < -0.4 is 5.46 Å². The maximum absolute atomic E-state index is 5.79. The normalized spacial score (nSPS) is 12.6. The molecule has 0 aliphatic heterocycles. The van der Waals surface area contributed by atoms with E-state index in [2.05, 4.69) is 41.9 Å². The molecule has 1 radical (unpaired) electrons. The zero-order valence-electron chi connectivity index (χ0n) is 9.82. The topological polar surface area (TPSA) is 22.1 Å². The fourth-order valence-electron chi connectivity index (χ4n) is 0.813. The smallest absolute Gasteiger partial charge is 0.332 e. The van der Waals surface area contributed by atoms with E-state index in [1.165, 1.54) is 0 Å². The number of rotatable bonds is 4. The van der Waals surface area contributed by atoms with Crippen LogP contribution in [-0.4, -0.2) is 23.2 Å². The van der Waals surface area contributed by atoms with Crippen LogP contribution in [0.15, 0.2) is 24.5 Å². The van der Waals surface area contributed by atoms with Gasteiger partial charge < -0.3 is 4.65 Å². The molecule has 1 unspecified atom stereocenters. The molecule has 0 N–H and O–H groups in total. The Balaban J connectivity index is 2.58. The van der Waals surface area contributed by atoms with E-state index < -0.39 is 0 Å². The van der Waals surface area contributed by atoms with Crippen molar-refractivity contribution in [1.82, 2.24) is 4.98 Å². The van der Waals surface area contributed by atoms with Crippen molar-refractivity contribution in [2.24, 2.45) is 0 Å². The second-order valence-electron chi connectivity index (χ2n) is 4.75. The molecular formula is C11H18BNOP. The summed E-state index contributed by atoms with van der Waals surface area (Å²) in [5.41, 5.74) is 0.757. The molecular weight excluding hydrogens is 204 g/mol. The van der Waals surface area contributed by atoms with Gasteiger partial charge in [-0.25, -0.2) is 0 Å². The van der Waals surface area contributed by atoms with Crippen LogP contribution in [0.1, 0.15) is 27.7 Å². The standard InChI is InChI=1S/C11H18BNOP/c1-10(2,11(3,4)15)14-12-9-6-5-7-13-8-9/h5-8H,15H2,1-4H3. The summed E-state index contributed by atoms with van der Waals surface area (Å²) >= 11 is 0. The molecule has 15 heavy (non-hydrogen) atoms. The Labute approximate surface area is 95.3 Å². The van der Waals surface area contributed by atoms with Gasteiger partial charge in [0.05, 0.1) is 5.60 Å². The number of aromatic nitrogens is 1. The third-order valence-corrected chi connectivity index (χ3v) is 3.42. The maximum Gasteiger partial charge on any atom is 0.332 e. The predicted molar refractivity (Wildman–Crippen MR) is 68.6 cm³/mol. The number of hydrogen-bond donors (Lipinski definition) is 0. The van der Waals surface area contributed by atoms with E-state index in [-0.39, 0.29) is 10.8 Å². The van der Waals surface area contributed by atoms with Crippen molar-refractivity contribution in [3.63, 3.8) is 0 Å². The Kier molecular flexibility index (Phi) is 3.91. The van der Waals surface area contributed by atoms with Gasteiger partial charge >= 0.3 is 7.48 Å². The number of hydrogen-bond acceptors (Lipinski definition) is 2. The third kappa shape index (κ3) is 3.59. The minimum atomic E-state index is -0.229. The van der Waals surface area contributed by atoms with E-state index in [1.807, 2.05) is 12.1 Å². The molecule has 0 saturated carbocycles. The van der Waals surface area contributed by atoms with Crippen LogP contribution in [0.25, 0.3) is 0 Å². The first-order valence-corrected chi connectivity index (χ1v) is 5.60. The molecule has 0 spiro atoms. The van der Waals surface area contributed by atoms with E-state index in [4.69, 9.17) is 4.65 Å². The summed E-state index contributed by atoms with van der Waals surface area (Å²) in [5.74, 6) is 0. The Morgan fingerprint density at radius 2 is 2.00 bits per heavy atom. The second-order valence-corrected chi connectivity index (χ2v) is 6.20. The van der Waals surface area contributed by atoms with Crippen molar-refractivity contribution in [1.29, 1.82) is 0 Å². The first kappa shape index (κ1) is 12.7. The van der Waals surface area contributed by atoms with E-state index in [0.29, 0.717) is 0 Å². The molecule has 0 fully saturated rings. The van der Waals surface area contributed by atoms with Crippen molar-refractivity contribution in [2.75, 3.05) is 0 Å². The highest BCUT2D eigenvalue weighted by atomic mass is 31.0. The molecule has 1 heterocycles. The van der Waals surface area contributed by atoms with Crippen LogP contribution in [0.3, 0.4) is 0 Å².